The molecule has 0 aliphatic rings. The molecule has 0 saturated heterocycles. The van der Waals surface area contributed by atoms with Crippen LogP contribution in [0.15, 0.2) is 0 Å². The third-order valence-electron chi connectivity index (χ3n) is 2.37. The molecule has 0 bridgehead atoms. The molecule has 0 saturated carbocycles. The molecule has 0 amide bonds. The van der Waals surface area contributed by atoms with Crippen molar-refractivity contribution < 1.29 is 34.1 Å². The SMILES string of the molecule is CC(CC(=O)OCCCC(=O)O)OC(=O)CCCCO. The highest BCUT2D eigenvalue weighted by molar-refractivity contribution is 5.72. The van der Waals surface area contributed by atoms with Crippen molar-refractivity contribution in [2.75, 3.05) is 13.2 Å². The Bertz CT molecular complexity index is 314. The van der Waals surface area contributed by atoms with Gasteiger partial charge in [0.05, 0.1) is 13.0 Å². The van der Waals surface area contributed by atoms with Gasteiger partial charge < -0.3 is 19.7 Å². The summed E-state index contributed by atoms with van der Waals surface area (Å²) >= 11 is 0. The molecule has 7 heteroatoms. The van der Waals surface area contributed by atoms with Gasteiger partial charge in [0.15, 0.2) is 0 Å². The van der Waals surface area contributed by atoms with Crippen LogP contribution >= 0.6 is 0 Å². The Balaban J connectivity index is 3.68. The van der Waals surface area contributed by atoms with Crippen molar-refractivity contribution in [1.82, 2.24) is 0 Å². The molecule has 1 unspecified atom stereocenters. The minimum absolute atomic E-state index is 0.0332. The fourth-order valence-corrected chi connectivity index (χ4v) is 1.41. The first kappa shape index (κ1) is 18.4. The summed E-state index contributed by atoms with van der Waals surface area (Å²) in [5.41, 5.74) is 0. The van der Waals surface area contributed by atoms with Gasteiger partial charge >= 0.3 is 17.9 Å². The second-order valence-corrected chi connectivity index (χ2v) is 4.40. The van der Waals surface area contributed by atoms with Crippen LogP contribution in [0.25, 0.3) is 0 Å². The van der Waals surface area contributed by atoms with Gasteiger partial charge in [-0.15, -0.1) is 0 Å². The number of carboxylic acid groups (broad SMARTS) is 1. The third-order valence-corrected chi connectivity index (χ3v) is 2.37. The molecule has 0 fully saturated rings. The zero-order chi connectivity index (χ0) is 15.4. The predicted molar refractivity (Wildman–Crippen MR) is 68.9 cm³/mol. The van der Waals surface area contributed by atoms with Gasteiger partial charge in [0.2, 0.25) is 0 Å². The number of esters is 2. The van der Waals surface area contributed by atoms with E-state index >= 15 is 0 Å². The standard InChI is InChI=1S/C13H22O7/c1-10(20-12(17)6-2-3-7-14)9-13(18)19-8-4-5-11(15)16/h10,14H,2-9H2,1H3,(H,15,16). The normalized spacial score (nSPS) is 11.7. The summed E-state index contributed by atoms with van der Waals surface area (Å²) in [5, 5.41) is 17.0. The maximum atomic E-state index is 11.3. The molecule has 0 aromatic rings. The lowest BCUT2D eigenvalue weighted by molar-refractivity contribution is -0.154. The average molecular weight is 290 g/mol. The zero-order valence-corrected chi connectivity index (χ0v) is 11.7. The molecular formula is C13H22O7. The highest BCUT2D eigenvalue weighted by atomic mass is 16.6. The first-order valence-electron chi connectivity index (χ1n) is 6.63. The van der Waals surface area contributed by atoms with Gasteiger partial charge in [-0.3, -0.25) is 14.4 Å². The summed E-state index contributed by atoms with van der Waals surface area (Å²) in [6.07, 6.45) is 0.858. The van der Waals surface area contributed by atoms with Gasteiger partial charge in [-0.1, -0.05) is 0 Å². The van der Waals surface area contributed by atoms with Crippen LogP contribution in [0.1, 0.15) is 45.4 Å². The molecule has 2 N–H and O–H groups in total. The average Bonchev–Trinajstić information content (AvgIpc) is 2.34. The molecule has 0 aromatic carbocycles. The summed E-state index contributed by atoms with van der Waals surface area (Å²) in [7, 11) is 0. The number of aliphatic carboxylic acids is 1. The number of carbonyl (C=O) groups excluding carboxylic acids is 2. The number of ether oxygens (including phenoxy) is 2. The largest absolute Gasteiger partial charge is 0.481 e. The Morgan fingerprint density at radius 2 is 1.75 bits per heavy atom. The molecule has 7 nitrogen and oxygen atoms in total. The van der Waals surface area contributed by atoms with E-state index in [1.165, 1.54) is 0 Å². The Hall–Kier alpha value is -1.63. The Morgan fingerprint density at radius 3 is 2.35 bits per heavy atom. The van der Waals surface area contributed by atoms with E-state index in [-0.39, 0.29) is 38.9 Å². The molecule has 0 aliphatic carbocycles. The first-order valence-corrected chi connectivity index (χ1v) is 6.63. The number of rotatable bonds is 11. The number of carboxylic acids is 1. The monoisotopic (exact) mass is 290 g/mol. The minimum Gasteiger partial charge on any atom is -0.481 e. The third kappa shape index (κ3) is 11.5. The molecule has 0 radical (unpaired) electrons. The van der Waals surface area contributed by atoms with Crippen molar-refractivity contribution in [2.24, 2.45) is 0 Å². The summed E-state index contributed by atoms with van der Waals surface area (Å²) in [5.74, 6) is -1.87. The van der Waals surface area contributed by atoms with Crippen LogP contribution in [-0.2, 0) is 23.9 Å². The first-order chi connectivity index (χ1) is 9.45. The Labute approximate surface area is 117 Å². The summed E-state index contributed by atoms with van der Waals surface area (Å²) in [4.78, 5) is 32.9. The van der Waals surface area contributed by atoms with Crippen molar-refractivity contribution in [1.29, 1.82) is 0 Å². The topological polar surface area (TPSA) is 110 Å². The molecule has 0 rings (SSSR count). The maximum Gasteiger partial charge on any atom is 0.309 e. The highest BCUT2D eigenvalue weighted by Crippen LogP contribution is 2.05. The predicted octanol–water partition coefficient (Wildman–Crippen LogP) is 0.879. The second kappa shape index (κ2) is 11.2. The molecule has 0 heterocycles. The fourth-order valence-electron chi connectivity index (χ4n) is 1.41. The van der Waals surface area contributed by atoms with Gasteiger partial charge in [0.25, 0.3) is 0 Å². The van der Waals surface area contributed by atoms with Crippen molar-refractivity contribution in [3.8, 4) is 0 Å². The number of hydrogen-bond acceptors (Lipinski definition) is 6. The minimum atomic E-state index is -0.939. The van der Waals surface area contributed by atoms with E-state index in [9.17, 15) is 14.4 Å². The molecule has 0 aliphatic heterocycles. The number of aliphatic hydroxyl groups is 1. The van der Waals surface area contributed by atoms with Gasteiger partial charge in [-0.2, -0.15) is 0 Å². The van der Waals surface area contributed by atoms with Gasteiger partial charge in [-0.25, -0.2) is 0 Å². The maximum absolute atomic E-state index is 11.3. The lowest BCUT2D eigenvalue weighted by Crippen LogP contribution is -2.20. The molecule has 0 spiro atoms. The van der Waals surface area contributed by atoms with Crippen LogP contribution in [0.3, 0.4) is 0 Å². The van der Waals surface area contributed by atoms with E-state index in [2.05, 4.69) is 0 Å². The van der Waals surface area contributed by atoms with Crippen molar-refractivity contribution in [3.63, 3.8) is 0 Å². The molecule has 20 heavy (non-hydrogen) atoms. The number of aliphatic hydroxyl groups excluding tert-OH is 1. The van der Waals surface area contributed by atoms with E-state index in [4.69, 9.17) is 19.7 Å². The smallest absolute Gasteiger partial charge is 0.309 e. The summed E-state index contributed by atoms with van der Waals surface area (Å²) in [6.45, 7) is 1.66. The molecule has 116 valence electrons. The summed E-state index contributed by atoms with van der Waals surface area (Å²) < 4.78 is 9.81. The fraction of sp³-hybridized carbons (Fsp3) is 0.769. The lowest BCUT2D eigenvalue weighted by atomic mass is 10.2. The molecular weight excluding hydrogens is 268 g/mol. The number of carbonyl (C=O) groups is 3. The van der Waals surface area contributed by atoms with Gasteiger partial charge in [-0.05, 0) is 26.2 Å². The summed E-state index contributed by atoms with van der Waals surface area (Å²) in [6, 6.07) is 0. The van der Waals surface area contributed by atoms with E-state index < -0.39 is 24.0 Å². The van der Waals surface area contributed by atoms with Crippen molar-refractivity contribution in [3.05, 3.63) is 0 Å². The van der Waals surface area contributed by atoms with E-state index in [1.54, 1.807) is 6.92 Å². The van der Waals surface area contributed by atoms with Gasteiger partial charge in [0.1, 0.15) is 6.10 Å². The van der Waals surface area contributed by atoms with Crippen LogP contribution in [0, 0.1) is 0 Å². The molecule has 0 aromatic heterocycles. The number of unbranched alkanes of at least 4 members (excludes halogenated alkanes) is 1. The van der Waals surface area contributed by atoms with E-state index in [0.29, 0.717) is 12.8 Å². The van der Waals surface area contributed by atoms with Crippen LogP contribution in [-0.4, -0.2) is 47.4 Å². The quantitative estimate of drug-likeness (QED) is 0.429. The highest BCUT2D eigenvalue weighted by Gasteiger charge is 2.14. The Morgan fingerprint density at radius 1 is 1.05 bits per heavy atom. The van der Waals surface area contributed by atoms with E-state index in [1.807, 2.05) is 0 Å². The zero-order valence-electron chi connectivity index (χ0n) is 11.7. The van der Waals surface area contributed by atoms with Gasteiger partial charge in [0, 0.05) is 19.4 Å². The van der Waals surface area contributed by atoms with Crippen molar-refractivity contribution >= 4 is 17.9 Å². The van der Waals surface area contributed by atoms with Crippen LogP contribution in [0.2, 0.25) is 0 Å². The second-order valence-electron chi connectivity index (χ2n) is 4.40. The number of hydrogen-bond donors (Lipinski definition) is 2. The van der Waals surface area contributed by atoms with Crippen LogP contribution < -0.4 is 0 Å². The lowest BCUT2D eigenvalue weighted by Gasteiger charge is -2.12. The van der Waals surface area contributed by atoms with Crippen molar-refractivity contribution in [2.45, 2.75) is 51.6 Å². The van der Waals surface area contributed by atoms with E-state index in [0.717, 1.165) is 0 Å². The molecule has 1 atom stereocenters. The van der Waals surface area contributed by atoms with Crippen LogP contribution in [0.5, 0.6) is 0 Å². The van der Waals surface area contributed by atoms with Crippen LogP contribution in [0.4, 0.5) is 0 Å². The Kier molecular flexibility index (Phi) is 10.3.